The van der Waals surface area contributed by atoms with Crippen molar-refractivity contribution in [1.29, 1.82) is 0 Å². The molecular weight excluding hydrogens is 594 g/mol. The van der Waals surface area contributed by atoms with Crippen molar-refractivity contribution in [2.45, 2.75) is 111 Å². The molecular formula is C23H39NO19. The minimum atomic E-state index is -3.02. The fraction of sp³-hybridized carbons (Fsp3) is 0.913. The van der Waals surface area contributed by atoms with Gasteiger partial charge in [-0.05, 0) is 0 Å². The SMILES string of the molecule is CC(=O)N[C@H]1[C@H]([C@H](O)[C@H](O)CO)O[C@](O[C@H]2[C@@H](O)[C@@H](CO)O[C@@H](O[C@H]3[C@H](O)[C@@H](O)[C@@H](O)O[C@@H]3CO)[C@@H]2O)(C(=O)O)C[C@@H]1O. The molecule has 3 saturated heterocycles. The summed E-state index contributed by atoms with van der Waals surface area (Å²) in [5, 5.41) is 124. The van der Waals surface area contributed by atoms with Gasteiger partial charge < -0.3 is 90.3 Å². The number of hydrogen-bond donors (Lipinski definition) is 13. The van der Waals surface area contributed by atoms with Crippen LogP contribution in [0.1, 0.15) is 13.3 Å². The van der Waals surface area contributed by atoms with Gasteiger partial charge in [-0.15, -0.1) is 0 Å². The number of rotatable bonds is 11. The molecule has 0 aromatic heterocycles. The molecule has 3 rings (SSSR count). The van der Waals surface area contributed by atoms with E-state index in [0.717, 1.165) is 6.92 Å². The lowest BCUT2D eigenvalue weighted by Crippen LogP contribution is -2.70. The molecule has 0 spiro atoms. The number of carbonyl (C=O) groups excluding carboxylic acids is 1. The zero-order valence-corrected chi connectivity index (χ0v) is 22.7. The van der Waals surface area contributed by atoms with E-state index in [9.17, 15) is 70.9 Å². The van der Waals surface area contributed by atoms with Crippen LogP contribution in [-0.2, 0) is 33.3 Å². The standard InChI is InChI=1S/C23H39NO19/c1-6(28)24-11-7(29)2-23(22(37)38,42-18(11)12(31)8(30)3-25)43-19-13(32)9(4-26)40-21(16(19)35)41-17-10(5-27)39-20(36)15(34)14(17)33/h7-21,25-27,29-36H,2-5H2,1H3,(H,24,28)(H,37,38)/t7-,8+,9+,10+,11+,12+,13-,14+,15+,16+,17+,18+,19-,20-,21-,23+/m0/s1. The summed E-state index contributed by atoms with van der Waals surface area (Å²) < 4.78 is 26.8. The number of carboxylic acids is 1. The van der Waals surface area contributed by atoms with Crippen LogP contribution < -0.4 is 5.32 Å². The summed E-state index contributed by atoms with van der Waals surface area (Å²) in [7, 11) is 0. The van der Waals surface area contributed by atoms with E-state index in [0.29, 0.717) is 0 Å². The minimum absolute atomic E-state index is 0.749. The van der Waals surface area contributed by atoms with Crippen molar-refractivity contribution < 1.29 is 94.6 Å². The van der Waals surface area contributed by atoms with E-state index in [2.05, 4.69) is 5.32 Å². The number of hydrogen-bond acceptors (Lipinski definition) is 18. The third kappa shape index (κ3) is 7.41. The average molecular weight is 634 g/mol. The molecule has 20 heteroatoms. The fourth-order valence-corrected chi connectivity index (χ4v) is 5.16. The largest absolute Gasteiger partial charge is 0.477 e. The van der Waals surface area contributed by atoms with E-state index in [4.69, 9.17) is 23.7 Å². The maximum atomic E-state index is 12.5. The first-order valence-corrected chi connectivity index (χ1v) is 13.2. The molecule has 0 aromatic carbocycles. The summed E-state index contributed by atoms with van der Waals surface area (Å²) >= 11 is 0. The minimum Gasteiger partial charge on any atom is -0.477 e. The van der Waals surface area contributed by atoms with Crippen molar-refractivity contribution in [3.63, 3.8) is 0 Å². The summed E-state index contributed by atoms with van der Waals surface area (Å²) in [6, 6.07) is -1.54. The van der Waals surface area contributed by atoms with Gasteiger partial charge in [-0.25, -0.2) is 4.79 Å². The van der Waals surface area contributed by atoms with Gasteiger partial charge in [0.2, 0.25) is 5.91 Å². The quantitative estimate of drug-likeness (QED) is 0.100. The predicted molar refractivity (Wildman–Crippen MR) is 130 cm³/mol. The van der Waals surface area contributed by atoms with Crippen molar-refractivity contribution in [2.24, 2.45) is 0 Å². The van der Waals surface area contributed by atoms with Crippen LogP contribution >= 0.6 is 0 Å². The molecule has 3 heterocycles. The van der Waals surface area contributed by atoms with E-state index in [1.807, 2.05) is 0 Å². The Morgan fingerprint density at radius 2 is 1.53 bits per heavy atom. The molecule has 16 atom stereocenters. The molecule has 13 N–H and O–H groups in total. The molecule has 43 heavy (non-hydrogen) atoms. The Bertz CT molecular complexity index is 942. The summed E-state index contributed by atoms with van der Waals surface area (Å²) in [4.78, 5) is 24.3. The highest BCUT2D eigenvalue weighted by atomic mass is 16.8. The van der Waals surface area contributed by atoms with Gasteiger partial charge >= 0.3 is 5.97 Å². The van der Waals surface area contributed by atoms with E-state index < -0.39 is 136 Å². The Labute approximate surface area is 243 Å². The number of amides is 1. The van der Waals surface area contributed by atoms with Gasteiger partial charge in [-0.3, -0.25) is 4.79 Å². The summed E-state index contributed by atoms with van der Waals surface area (Å²) in [5.74, 6) is -5.74. The van der Waals surface area contributed by atoms with E-state index in [-0.39, 0.29) is 0 Å². The van der Waals surface area contributed by atoms with E-state index in [1.165, 1.54) is 0 Å². The monoisotopic (exact) mass is 633 g/mol. The lowest BCUT2D eigenvalue weighted by Gasteiger charge is -2.50. The highest BCUT2D eigenvalue weighted by Crippen LogP contribution is 2.38. The number of nitrogens with one attached hydrogen (secondary N) is 1. The van der Waals surface area contributed by atoms with E-state index >= 15 is 0 Å². The number of carbonyl (C=O) groups is 2. The number of ether oxygens (including phenoxy) is 5. The Morgan fingerprint density at radius 3 is 2.07 bits per heavy atom. The first-order chi connectivity index (χ1) is 20.1. The van der Waals surface area contributed by atoms with Crippen LogP contribution in [0.5, 0.6) is 0 Å². The zero-order valence-electron chi connectivity index (χ0n) is 22.7. The van der Waals surface area contributed by atoms with Crippen LogP contribution in [-0.4, -0.2) is 191 Å². The Morgan fingerprint density at radius 1 is 0.907 bits per heavy atom. The molecule has 0 aromatic rings. The Kier molecular flexibility index (Phi) is 12.1. The third-order valence-electron chi connectivity index (χ3n) is 7.47. The van der Waals surface area contributed by atoms with Crippen molar-refractivity contribution >= 4 is 11.9 Å². The number of carboxylic acid groups (broad SMARTS) is 1. The van der Waals surface area contributed by atoms with Gasteiger partial charge in [0.1, 0.15) is 67.1 Å². The van der Waals surface area contributed by atoms with Crippen molar-refractivity contribution in [1.82, 2.24) is 5.32 Å². The summed E-state index contributed by atoms with van der Waals surface area (Å²) in [6.45, 7) is -1.85. The van der Waals surface area contributed by atoms with Gasteiger partial charge in [0.15, 0.2) is 12.6 Å². The summed E-state index contributed by atoms with van der Waals surface area (Å²) in [5.41, 5.74) is 0. The topological polar surface area (TPSA) is 335 Å². The smallest absolute Gasteiger partial charge is 0.364 e. The van der Waals surface area contributed by atoms with Gasteiger partial charge in [0.05, 0.1) is 32.0 Å². The normalized spacial score (nSPS) is 45.3. The second-order valence-electron chi connectivity index (χ2n) is 10.5. The lowest BCUT2D eigenvalue weighted by molar-refractivity contribution is -0.385. The Balaban J connectivity index is 1.94. The second-order valence-corrected chi connectivity index (χ2v) is 10.5. The molecule has 0 aliphatic carbocycles. The van der Waals surface area contributed by atoms with Crippen molar-refractivity contribution in [3.05, 3.63) is 0 Å². The van der Waals surface area contributed by atoms with E-state index in [1.54, 1.807) is 0 Å². The molecule has 1 amide bonds. The molecule has 0 unspecified atom stereocenters. The average Bonchev–Trinajstić information content (AvgIpc) is 2.96. The van der Waals surface area contributed by atoms with Crippen LogP contribution in [0.25, 0.3) is 0 Å². The maximum absolute atomic E-state index is 12.5. The number of aliphatic hydroxyl groups is 11. The molecule has 0 saturated carbocycles. The van der Waals surface area contributed by atoms with Crippen LogP contribution in [0.4, 0.5) is 0 Å². The lowest BCUT2D eigenvalue weighted by atomic mass is 9.88. The molecule has 3 aliphatic rings. The zero-order chi connectivity index (χ0) is 32.4. The maximum Gasteiger partial charge on any atom is 0.364 e. The fourth-order valence-electron chi connectivity index (χ4n) is 5.16. The second kappa shape index (κ2) is 14.6. The van der Waals surface area contributed by atoms with Gasteiger partial charge in [-0.2, -0.15) is 0 Å². The first-order valence-electron chi connectivity index (χ1n) is 13.2. The molecule has 3 fully saturated rings. The molecule has 0 bridgehead atoms. The van der Waals surface area contributed by atoms with Crippen LogP contribution in [0.15, 0.2) is 0 Å². The van der Waals surface area contributed by atoms with Crippen LogP contribution in [0.2, 0.25) is 0 Å². The van der Waals surface area contributed by atoms with Crippen LogP contribution in [0, 0.1) is 0 Å². The molecule has 0 radical (unpaired) electrons. The number of aliphatic hydroxyl groups excluding tert-OH is 11. The summed E-state index contributed by atoms with van der Waals surface area (Å²) in [6.07, 6.45) is -27.8. The van der Waals surface area contributed by atoms with Crippen molar-refractivity contribution in [3.8, 4) is 0 Å². The highest BCUT2D eigenvalue weighted by molar-refractivity contribution is 5.76. The molecule has 3 aliphatic heterocycles. The first kappa shape index (κ1) is 35.8. The molecule has 20 nitrogen and oxygen atoms in total. The number of aliphatic carboxylic acids is 1. The van der Waals surface area contributed by atoms with Crippen LogP contribution in [0.3, 0.4) is 0 Å². The predicted octanol–water partition coefficient (Wildman–Crippen LogP) is -8.22. The van der Waals surface area contributed by atoms with Gasteiger partial charge in [0.25, 0.3) is 5.79 Å². The highest BCUT2D eigenvalue weighted by Gasteiger charge is 2.60. The molecule has 250 valence electrons. The van der Waals surface area contributed by atoms with Crippen molar-refractivity contribution in [2.75, 3.05) is 19.8 Å². The Hall–Kier alpha value is -1.70. The van der Waals surface area contributed by atoms with Gasteiger partial charge in [0, 0.05) is 13.3 Å². The third-order valence-corrected chi connectivity index (χ3v) is 7.47. The van der Waals surface area contributed by atoms with Gasteiger partial charge in [-0.1, -0.05) is 0 Å².